The Hall–Kier alpha value is -1.85. The zero-order chi connectivity index (χ0) is 19.1. The molecule has 0 amide bonds. The Kier molecular flexibility index (Phi) is 7.30. The largest absolute Gasteiger partial charge is 0.356 e. The SMILES string of the molecule is CN=C(NCC(C)c1ccsc1)NC1CCN(Cc2cccc(C)c2)CC1. The molecule has 1 aromatic heterocycles. The van der Waals surface area contributed by atoms with Gasteiger partial charge in [0.1, 0.15) is 0 Å². The first-order chi connectivity index (χ1) is 13.1. The van der Waals surface area contributed by atoms with Crippen LogP contribution in [0.5, 0.6) is 0 Å². The van der Waals surface area contributed by atoms with Gasteiger partial charge in [-0.1, -0.05) is 36.8 Å². The summed E-state index contributed by atoms with van der Waals surface area (Å²) < 4.78 is 0. The number of guanidine groups is 1. The van der Waals surface area contributed by atoms with Crippen molar-refractivity contribution in [3.63, 3.8) is 0 Å². The summed E-state index contributed by atoms with van der Waals surface area (Å²) in [5.74, 6) is 1.42. The first-order valence-electron chi connectivity index (χ1n) is 9.91. The van der Waals surface area contributed by atoms with Crippen LogP contribution >= 0.6 is 11.3 Å². The van der Waals surface area contributed by atoms with Crippen LogP contribution in [0.1, 0.15) is 42.4 Å². The van der Waals surface area contributed by atoms with Crippen molar-refractivity contribution < 1.29 is 0 Å². The topological polar surface area (TPSA) is 39.7 Å². The first-order valence-corrected chi connectivity index (χ1v) is 10.9. The van der Waals surface area contributed by atoms with E-state index in [0.29, 0.717) is 12.0 Å². The van der Waals surface area contributed by atoms with Crippen LogP contribution in [0.25, 0.3) is 0 Å². The predicted octanol–water partition coefficient (Wildman–Crippen LogP) is 3.99. The summed E-state index contributed by atoms with van der Waals surface area (Å²) in [7, 11) is 1.86. The molecule has 3 rings (SSSR count). The van der Waals surface area contributed by atoms with Gasteiger partial charge < -0.3 is 10.6 Å². The van der Waals surface area contributed by atoms with Crippen molar-refractivity contribution in [2.24, 2.45) is 4.99 Å². The lowest BCUT2D eigenvalue weighted by Crippen LogP contribution is -2.49. The van der Waals surface area contributed by atoms with E-state index >= 15 is 0 Å². The van der Waals surface area contributed by atoms with Gasteiger partial charge in [-0.15, -0.1) is 0 Å². The Balaban J connectivity index is 1.41. The summed E-state index contributed by atoms with van der Waals surface area (Å²) in [6, 6.07) is 11.6. The van der Waals surface area contributed by atoms with Crippen LogP contribution in [0.15, 0.2) is 46.1 Å². The molecule has 5 heteroatoms. The molecule has 2 N–H and O–H groups in total. The molecule has 146 valence electrons. The van der Waals surface area contributed by atoms with Crippen LogP contribution in [0.4, 0.5) is 0 Å². The second-order valence-corrected chi connectivity index (χ2v) is 8.37. The number of hydrogen-bond donors (Lipinski definition) is 2. The van der Waals surface area contributed by atoms with E-state index in [1.807, 2.05) is 7.05 Å². The van der Waals surface area contributed by atoms with E-state index in [2.05, 4.69) is 75.5 Å². The number of piperidine rings is 1. The molecule has 0 radical (unpaired) electrons. The number of nitrogens with one attached hydrogen (secondary N) is 2. The predicted molar refractivity (Wildman–Crippen MR) is 117 cm³/mol. The molecule has 1 fully saturated rings. The van der Waals surface area contributed by atoms with E-state index in [1.165, 1.54) is 16.7 Å². The van der Waals surface area contributed by atoms with Crippen molar-refractivity contribution in [3.8, 4) is 0 Å². The van der Waals surface area contributed by atoms with Gasteiger partial charge >= 0.3 is 0 Å². The number of likely N-dealkylation sites (tertiary alicyclic amines) is 1. The average molecular weight is 385 g/mol. The van der Waals surface area contributed by atoms with Gasteiger partial charge in [-0.3, -0.25) is 9.89 Å². The maximum atomic E-state index is 4.42. The number of hydrogen-bond acceptors (Lipinski definition) is 3. The van der Waals surface area contributed by atoms with Crippen LogP contribution in [0.3, 0.4) is 0 Å². The fourth-order valence-electron chi connectivity index (χ4n) is 3.62. The fourth-order valence-corrected chi connectivity index (χ4v) is 4.40. The Morgan fingerprint density at radius 3 is 2.78 bits per heavy atom. The summed E-state index contributed by atoms with van der Waals surface area (Å²) in [6.07, 6.45) is 2.32. The van der Waals surface area contributed by atoms with Crippen LogP contribution < -0.4 is 10.6 Å². The highest BCUT2D eigenvalue weighted by atomic mass is 32.1. The van der Waals surface area contributed by atoms with E-state index in [1.54, 1.807) is 11.3 Å². The summed E-state index contributed by atoms with van der Waals surface area (Å²) in [6.45, 7) is 8.65. The monoisotopic (exact) mass is 384 g/mol. The number of aryl methyl sites for hydroxylation is 1. The van der Waals surface area contributed by atoms with E-state index in [9.17, 15) is 0 Å². The maximum absolute atomic E-state index is 4.42. The second-order valence-electron chi connectivity index (χ2n) is 7.59. The zero-order valence-corrected chi connectivity index (χ0v) is 17.6. The van der Waals surface area contributed by atoms with Crippen molar-refractivity contribution in [3.05, 3.63) is 57.8 Å². The third kappa shape index (κ3) is 6.08. The van der Waals surface area contributed by atoms with E-state index < -0.39 is 0 Å². The van der Waals surface area contributed by atoms with Crippen molar-refractivity contribution >= 4 is 17.3 Å². The minimum atomic E-state index is 0.492. The summed E-state index contributed by atoms with van der Waals surface area (Å²) in [4.78, 5) is 6.97. The molecule has 1 aromatic carbocycles. The van der Waals surface area contributed by atoms with Gasteiger partial charge in [0.25, 0.3) is 0 Å². The molecule has 1 atom stereocenters. The average Bonchev–Trinajstić information content (AvgIpc) is 3.21. The third-order valence-electron chi connectivity index (χ3n) is 5.33. The highest BCUT2D eigenvalue weighted by Gasteiger charge is 2.20. The maximum Gasteiger partial charge on any atom is 0.191 e. The highest BCUT2D eigenvalue weighted by Crippen LogP contribution is 2.17. The minimum absolute atomic E-state index is 0.492. The van der Waals surface area contributed by atoms with Gasteiger partial charge in [0.15, 0.2) is 5.96 Å². The lowest BCUT2D eigenvalue weighted by atomic mass is 10.0. The molecular weight excluding hydrogens is 352 g/mol. The molecule has 2 heterocycles. The van der Waals surface area contributed by atoms with E-state index in [4.69, 9.17) is 0 Å². The number of benzene rings is 1. The first kappa shape index (κ1) is 19.9. The Bertz CT molecular complexity index is 718. The van der Waals surface area contributed by atoms with Crippen LogP contribution in [-0.2, 0) is 6.54 Å². The molecular formula is C22H32N4S. The molecule has 0 saturated carbocycles. The molecule has 0 spiro atoms. The molecule has 0 bridgehead atoms. The fraction of sp³-hybridized carbons (Fsp3) is 0.500. The van der Waals surface area contributed by atoms with Crippen LogP contribution in [-0.4, -0.2) is 43.6 Å². The van der Waals surface area contributed by atoms with Gasteiger partial charge in [0.2, 0.25) is 0 Å². The molecule has 1 aliphatic rings. The standard InChI is InChI=1S/C22H32N4S/c1-17-5-4-6-19(13-17)15-26-10-7-21(8-11-26)25-22(23-3)24-14-18(2)20-9-12-27-16-20/h4-6,9,12-13,16,18,21H,7-8,10-11,14-15H2,1-3H3,(H2,23,24,25). The van der Waals surface area contributed by atoms with Gasteiger partial charge in [-0.25, -0.2) is 0 Å². The molecule has 1 saturated heterocycles. The van der Waals surface area contributed by atoms with Crippen molar-refractivity contribution in [1.29, 1.82) is 0 Å². The smallest absolute Gasteiger partial charge is 0.191 e. The van der Waals surface area contributed by atoms with Crippen molar-refractivity contribution in [1.82, 2.24) is 15.5 Å². The van der Waals surface area contributed by atoms with Gasteiger partial charge in [-0.2, -0.15) is 11.3 Å². The van der Waals surface area contributed by atoms with Crippen LogP contribution in [0.2, 0.25) is 0 Å². The molecule has 1 unspecified atom stereocenters. The molecule has 27 heavy (non-hydrogen) atoms. The summed E-state index contributed by atoms with van der Waals surface area (Å²) in [5, 5.41) is 11.5. The molecule has 2 aromatic rings. The quantitative estimate of drug-likeness (QED) is 0.584. The number of rotatable bonds is 6. The van der Waals surface area contributed by atoms with Gasteiger partial charge in [-0.05, 0) is 53.6 Å². The second kappa shape index (κ2) is 9.90. The van der Waals surface area contributed by atoms with E-state index in [0.717, 1.165) is 45.0 Å². The van der Waals surface area contributed by atoms with Crippen molar-refractivity contribution in [2.75, 3.05) is 26.7 Å². The number of nitrogens with zero attached hydrogens (tertiary/aromatic N) is 2. The lowest BCUT2D eigenvalue weighted by molar-refractivity contribution is 0.198. The van der Waals surface area contributed by atoms with E-state index in [-0.39, 0.29) is 0 Å². The Morgan fingerprint density at radius 1 is 1.30 bits per heavy atom. The third-order valence-corrected chi connectivity index (χ3v) is 6.03. The highest BCUT2D eigenvalue weighted by molar-refractivity contribution is 7.07. The summed E-state index contributed by atoms with van der Waals surface area (Å²) in [5.41, 5.74) is 4.16. The zero-order valence-electron chi connectivity index (χ0n) is 16.7. The van der Waals surface area contributed by atoms with Crippen molar-refractivity contribution in [2.45, 2.75) is 45.2 Å². The summed E-state index contributed by atoms with van der Waals surface area (Å²) >= 11 is 1.76. The van der Waals surface area contributed by atoms with Gasteiger partial charge in [0, 0.05) is 39.3 Å². The minimum Gasteiger partial charge on any atom is -0.356 e. The Morgan fingerprint density at radius 2 is 2.11 bits per heavy atom. The van der Waals surface area contributed by atoms with Crippen LogP contribution in [0, 0.1) is 6.92 Å². The molecule has 1 aliphatic heterocycles. The lowest BCUT2D eigenvalue weighted by Gasteiger charge is -2.33. The Labute approximate surface area is 167 Å². The number of aliphatic imine (C=N–C) groups is 1. The normalized spacial score (nSPS) is 17.7. The number of thiophene rings is 1. The molecule has 0 aliphatic carbocycles. The molecule has 4 nitrogen and oxygen atoms in total. The van der Waals surface area contributed by atoms with Gasteiger partial charge in [0.05, 0.1) is 0 Å².